The van der Waals surface area contributed by atoms with Gasteiger partial charge in [0, 0.05) is 46.5 Å². The van der Waals surface area contributed by atoms with E-state index in [1.807, 2.05) is 32.0 Å². The molecule has 19 heavy (non-hydrogen) atoms. The number of aromatic nitrogens is 1. The zero-order valence-electron chi connectivity index (χ0n) is 11.1. The lowest BCUT2D eigenvalue weighted by Gasteiger charge is -2.16. The van der Waals surface area contributed by atoms with Gasteiger partial charge in [0.05, 0.1) is 0 Å². The van der Waals surface area contributed by atoms with Crippen LogP contribution in [0, 0.1) is 6.92 Å². The molecule has 5 nitrogen and oxygen atoms in total. The second-order valence-corrected chi connectivity index (χ2v) is 4.79. The topological polar surface area (TPSA) is 94.0 Å². The zero-order valence-corrected chi connectivity index (χ0v) is 11.1. The predicted molar refractivity (Wildman–Crippen MR) is 77.8 cm³/mol. The number of carbonyl (C=O) groups is 1. The molecule has 5 heteroatoms. The number of carbonyl (C=O) groups excluding carboxylic acids is 1. The van der Waals surface area contributed by atoms with Crippen molar-refractivity contribution in [3.05, 3.63) is 30.1 Å². The van der Waals surface area contributed by atoms with E-state index in [1.165, 1.54) is 0 Å². The molecule has 0 saturated heterocycles. The summed E-state index contributed by atoms with van der Waals surface area (Å²) in [6.45, 7) is 3.85. The highest BCUT2D eigenvalue weighted by Crippen LogP contribution is 2.28. The van der Waals surface area contributed by atoms with Crippen LogP contribution < -0.4 is 16.8 Å². The fourth-order valence-corrected chi connectivity index (χ4v) is 2.11. The van der Waals surface area contributed by atoms with Crippen LogP contribution in [0.2, 0.25) is 0 Å². The SMILES string of the molecule is Cc1cc2c(NC(C)CC(N)=O)ccc(N)c2cn1. The summed E-state index contributed by atoms with van der Waals surface area (Å²) in [6, 6.07) is 5.69. The maximum Gasteiger partial charge on any atom is 0.219 e. The number of fused-ring (bicyclic) bond motifs is 1. The molecule has 0 radical (unpaired) electrons. The maximum absolute atomic E-state index is 10.9. The van der Waals surface area contributed by atoms with Gasteiger partial charge >= 0.3 is 0 Å². The molecule has 0 spiro atoms. The summed E-state index contributed by atoms with van der Waals surface area (Å²) in [5, 5.41) is 5.19. The number of nitrogens with two attached hydrogens (primary N) is 2. The first-order valence-electron chi connectivity index (χ1n) is 6.17. The van der Waals surface area contributed by atoms with Crippen LogP contribution in [0.15, 0.2) is 24.4 Å². The van der Waals surface area contributed by atoms with Crippen LogP contribution in [0.1, 0.15) is 19.0 Å². The van der Waals surface area contributed by atoms with Crippen molar-refractivity contribution in [2.45, 2.75) is 26.3 Å². The Morgan fingerprint density at radius 2 is 2.16 bits per heavy atom. The number of nitrogen functional groups attached to an aromatic ring is 1. The molecule has 100 valence electrons. The zero-order chi connectivity index (χ0) is 14.0. The number of nitrogens with zero attached hydrogens (tertiary/aromatic N) is 1. The minimum absolute atomic E-state index is 0.0298. The molecule has 0 bridgehead atoms. The van der Waals surface area contributed by atoms with Gasteiger partial charge in [-0.2, -0.15) is 0 Å². The smallest absolute Gasteiger partial charge is 0.219 e. The molecule has 1 atom stereocenters. The second-order valence-electron chi connectivity index (χ2n) is 4.79. The van der Waals surface area contributed by atoms with E-state index in [0.29, 0.717) is 5.69 Å². The van der Waals surface area contributed by atoms with E-state index < -0.39 is 0 Å². The molecule has 2 aromatic rings. The van der Waals surface area contributed by atoms with Gasteiger partial charge < -0.3 is 16.8 Å². The van der Waals surface area contributed by atoms with Crippen LogP contribution in [0.4, 0.5) is 11.4 Å². The number of benzene rings is 1. The van der Waals surface area contributed by atoms with E-state index in [9.17, 15) is 4.79 Å². The van der Waals surface area contributed by atoms with E-state index in [-0.39, 0.29) is 18.4 Å². The molecule has 1 heterocycles. The number of aryl methyl sites for hydroxylation is 1. The first-order valence-corrected chi connectivity index (χ1v) is 6.17. The highest BCUT2D eigenvalue weighted by atomic mass is 16.1. The molecule has 1 aromatic carbocycles. The normalized spacial score (nSPS) is 12.3. The standard InChI is InChI=1S/C14H18N4O/c1-8-5-10-11(7-17-8)12(15)3-4-13(10)18-9(2)6-14(16)19/h3-5,7,9,18H,6,15H2,1-2H3,(H2,16,19). The third-order valence-electron chi connectivity index (χ3n) is 2.98. The number of anilines is 2. The van der Waals surface area contributed by atoms with Gasteiger partial charge in [0.1, 0.15) is 0 Å². The lowest BCUT2D eigenvalue weighted by Crippen LogP contribution is -2.24. The van der Waals surface area contributed by atoms with Crippen LogP contribution in [0.5, 0.6) is 0 Å². The Balaban J connectivity index is 2.40. The average molecular weight is 258 g/mol. The summed E-state index contributed by atoms with van der Waals surface area (Å²) in [4.78, 5) is 15.2. The Hall–Kier alpha value is -2.30. The maximum atomic E-state index is 10.9. The van der Waals surface area contributed by atoms with Gasteiger partial charge in [0.15, 0.2) is 0 Å². The highest BCUT2D eigenvalue weighted by molar-refractivity contribution is 6.00. The number of nitrogens with one attached hydrogen (secondary N) is 1. The fraction of sp³-hybridized carbons (Fsp3) is 0.286. The van der Waals surface area contributed by atoms with Crippen LogP contribution in [0.25, 0.3) is 10.8 Å². The van der Waals surface area contributed by atoms with Gasteiger partial charge in [-0.05, 0) is 32.0 Å². The van der Waals surface area contributed by atoms with E-state index in [0.717, 1.165) is 22.2 Å². The van der Waals surface area contributed by atoms with Crippen LogP contribution in [-0.2, 0) is 4.79 Å². The van der Waals surface area contributed by atoms with E-state index in [4.69, 9.17) is 11.5 Å². The van der Waals surface area contributed by atoms with Crippen molar-refractivity contribution in [1.29, 1.82) is 0 Å². The van der Waals surface area contributed by atoms with Crippen LogP contribution >= 0.6 is 0 Å². The largest absolute Gasteiger partial charge is 0.398 e. The molecule has 0 fully saturated rings. The molecule has 0 saturated carbocycles. The van der Waals surface area contributed by atoms with E-state index in [1.54, 1.807) is 6.20 Å². The van der Waals surface area contributed by atoms with E-state index in [2.05, 4.69) is 10.3 Å². The Morgan fingerprint density at radius 1 is 1.42 bits per heavy atom. The van der Waals surface area contributed by atoms with Crippen molar-refractivity contribution in [3.8, 4) is 0 Å². The van der Waals surface area contributed by atoms with E-state index >= 15 is 0 Å². The van der Waals surface area contributed by atoms with Crippen molar-refractivity contribution >= 4 is 28.1 Å². The molecule has 0 aliphatic carbocycles. The molecule has 1 aromatic heterocycles. The summed E-state index contributed by atoms with van der Waals surface area (Å²) in [5.74, 6) is -0.322. The van der Waals surface area contributed by atoms with Gasteiger partial charge in [-0.25, -0.2) is 0 Å². The molecule has 1 unspecified atom stereocenters. The quantitative estimate of drug-likeness (QED) is 0.729. The van der Waals surface area contributed by atoms with Crippen molar-refractivity contribution in [2.24, 2.45) is 5.73 Å². The first-order chi connectivity index (χ1) is 8.97. The monoisotopic (exact) mass is 258 g/mol. The molecule has 1 amide bonds. The Labute approximate surface area is 112 Å². The third kappa shape index (κ3) is 2.93. The van der Waals surface area contributed by atoms with Crippen LogP contribution in [0.3, 0.4) is 0 Å². The van der Waals surface area contributed by atoms with Crippen molar-refractivity contribution in [2.75, 3.05) is 11.1 Å². The molecular weight excluding hydrogens is 240 g/mol. The minimum Gasteiger partial charge on any atom is -0.398 e. The average Bonchev–Trinajstić information content (AvgIpc) is 2.32. The van der Waals surface area contributed by atoms with Gasteiger partial charge in [0.25, 0.3) is 0 Å². The molecule has 0 aliphatic heterocycles. The number of hydrogen-bond acceptors (Lipinski definition) is 4. The number of primary amides is 1. The lowest BCUT2D eigenvalue weighted by atomic mass is 10.1. The summed E-state index contributed by atoms with van der Waals surface area (Å²) >= 11 is 0. The molecule has 5 N–H and O–H groups in total. The van der Waals surface area contributed by atoms with Gasteiger partial charge in [-0.15, -0.1) is 0 Å². The van der Waals surface area contributed by atoms with Crippen molar-refractivity contribution in [1.82, 2.24) is 4.98 Å². The fourth-order valence-electron chi connectivity index (χ4n) is 2.11. The Morgan fingerprint density at radius 3 is 2.84 bits per heavy atom. The highest BCUT2D eigenvalue weighted by Gasteiger charge is 2.09. The van der Waals surface area contributed by atoms with Crippen LogP contribution in [-0.4, -0.2) is 16.9 Å². The number of amides is 1. The minimum atomic E-state index is -0.322. The molecule has 0 aliphatic rings. The van der Waals surface area contributed by atoms with Gasteiger partial charge in [-0.1, -0.05) is 0 Å². The summed E-state index contributed by atoms with van der Waals surface area (Å²) in [6.07, 6.45) is 2.06. The third-order valence-corrected chi connectivity index (χ3v) is 2.98. The van der Waals surface area contributed by atoms with Crippen molar-refractivity contribution < 1.29 is 4.79 Å². The number of pyridine rings is 1. The summed E-state index contributed by atoms with van der Waals surface area (Å²) in [5.41, 5.74) is 13.7. The van der Waals surface area contributed by atoms with Gasteiger partial charge in [0.2, 0.25) is 5.91 Å². The van der Waals surface area contributed by atoms with Gasteiger partial charge in [-0.3, -0.25) is 9.78 Å². The number of hydrogen-bond donors (Lipinski definition) is 3. The van der Waals surface area contributed by atoms with Crippen molar-refractivity contribution in [3.63, 3.8) is 0 Å². The molecule has 2 rings (SSSR count). The summed E-state index contributed by atoms with van der Waals surface area (Å²) in [7, 11) is 0. The first kappa shape index (κ1) is 13.1. The Bertz CT molecular complexity index is 624. The summed E-state index contributed by atoms with van der Waals surface area (Å²) < 4.78 is 0. The number of rotatable bonds is 4. The molecular formula is C14H18N4O. The second kappa shape index (κ2) is 5.14. The lowest BCUT2D eigenvalue weighted by molar-refractivity contribution is -0.118. The Kier molecular flexibility index (Phi) is 3.55. The predicted octanol–water partition coefficient (Wildman–Crippen LogP) is 1.80.